The average molecular weight is 761 g/mol. The molecule has 5 fully saturated rings. The minimum Gasteiger partial charge on any atom is -0.481 e. The fourth-order valence-corrected chi connectivity index (χ4v) is 10.9. The molecule has 0 saturated carbocycles. The summed E-state index contributed by atoms with van der Waals surface area (Å²) in [5.74, 6) is -4.18. The number of aliphatic carboxylic acids is 1. The van der Waals surface area contributed by atoms with Crippen LogP contribution in [0.3, 0.4) is 0 Å². The first-order chi connectivity index (χ1) is 25.5. The Kier molecular flexibility index (Phi) is 12.7. The Morgan fingerprint density at radius 2 is 1.72 bits per heavy atom. The van der Waals surface area contributed by atoms with Crippen LogP contribution in [0.25, 0.3) is 0 Å². The summed E-state index contributed by atoms with van der Waals surface area (Å²) in [6.07, 6.45) is 3.98. The molecule has 306 valence electrons. The van der Waals surface area contributed by atoms with E-state index in [1.165, 1.54) is 0 Å². The Labute approximate surface area is 322 Å². The molecule has 5 aliphatic heterocycles. The Morgan fingerprint density at radius 1 is 1.00 bits per heavy atom. The van der Waals surface area contributed by atoms with Crippen LogP contribution < -0.4 is 0 Å². The number of ether oxygens (including phenoxy) is 7. The number of rotatable bonds is 13. The monoisotopic (exact) mass is 760 g/mol. The highest BCUT2D eigenvalue weighted by molar-refractivity contribution is 5.70. The van der Waals surface area contributed by atoms with E-state index in [9.17, 15) is 20.1 Å². The van der Waals surface area contributed by atoms with Gasteiger partial charge in [-0.1, -0.05) is 71.9 Å². The first-order valence-electron chi connectivity index (χ1n) is 20.7. The normalized spacial score (nSPS) is 45.8. The lowest BCUT2D eigenvalue weighted by atomic mass is 9.78. The largest absolute Gasteiger partial charge is 0.481 e. The number of benzene rings is 1. The molecule has 17 atom stereocenters. The van der Waals surface area contributed by atoms with Gasteiger partial charge in [0.15, 0.2) is 11.6 Å². The summed E-state index contributed by atoms with van der Waals surface area (Å²) in [4.78, 5) is 12.1. The van der Waals surface area contributed by atoms with Gasteiger partial charge in [0.05, 0.1) is 73.1 Å². The third-order valence-electron chi connectivity index (χ3n) is 14.3. The Morgan fingerprint density at radius 3 is 2.37 bits per heavy atom. The van der Waals surface area contributed by atoms with Gasteiger partial charge in [-0.3, -0.25) is 4.79 Å². The highest BCUT2D eigenvalue weighted by Gasteiger charge is 2.62. The number of carbonyl (C=O) groups is 1. The van der Waals surface area contributed by atoms with E-state index in [2.05, 4.69) is 46.8 Å². The molecule has 6 rings (SSSR count). The molecule has 5 saturated heterocycles. The van der Waals surface area contributed by atoms with Crippen molar-refractivity contribution in [3.05, 3.63) is 35.9 Å². The maximum absolute atomic E-state index is 12.1. The molecule has 5 aliphatic rings. The predicted octanol–water partition coefficient (Wildman–Crippen LogP) is 6.50. The Balaban J connectivity index is 1.19. The molecule has 0 aliphatic carbocycles. The highest BCUT2D eigenvalue weighted by atomic mass is 16.7. The van der Waals surface area contributed by atoms with E-state index in [1.54, 1.807) is 14.0 Å². The molecule has 11 nitrogen and oxygen atoms in total. The van der Waals surface area contributed by atoms with Crippen LogP contribution in [0.1, 0.15) is 112 Å². The van der Waals surface area contributed by atoms with Gasteiger partial charge in [-0.15, -0.1) is 0 Å². The minimum atomic E-state index is -1.57. The highest BCUT2D eigenvalue weighted by Crippen LogP contribution is 2.55. The van der Waals surface area contributed by atoms with Crippen LogP contribution in [0.4, 0.5) is 0 Å². The topological polar surface area (TPSA) is 142 Å². The van der Waals surface area contributed by atoms with Crippen LogP contribution in [0, 0.1) is 35.5 Å². The van der Waals surface area contributed by atoms with Crippen LogP contribution in [-0.4, -0.2) is 101 Å². The Hall–Kier alpha value is -1.67. The quantitative estimate of drug-likeness (QED) is 0.203. The van der Waals surface area contributed by atoms with E-state index in [4.69, 9.17) is 33.2 Å². The van der Waals surface area contributed by atoms with Crippen molar-refractivity contribution in [1.29, 1.82) is 0 Å². The summed E-state index contributed by atoms with van der Waals surface area (Å²) in [6.45, 7) is 16.5. The second kappa shape index (κ2) is 16.3. The van der Waals surface area contributed by atoms with Crippen molar-refractivity contribution in [3.8, 4) is 0 Å². The van der Waals surface area contributed by atoms with Crippen LogP contribution in [0.15, 0.2) is 30.3 Å². The number of methoxy groups -OCH3 is 1. The molecule has 1 aromatic rings. The van der Waals surface area contributed by atoms with Crippen LogP contribution in [0.5, 0.6) is 0 Å². The van der Waals surface area contributed by atoms with Gasteiger partial charge >= 0.3 is 5.97 Å². The maximum Gasteiger partial charge on any atom is 0.308 e. The van der Waals surface area contributed by atoms with Crippen LogP contribution in [0.2, 0.25) is 0 Å². The van der Waals surface area contributed by atoms with Crippen molar-refractivity contribution in [2.45, 2.75) is 179 Å². The molecule has 1 spiro atoms. The fourth-order valence-electron chi connectivity index (χ4n) is 10.9. The minimum absolute atomic E-state index is 0.0414. The third-order valence-corrected chi connectivity index (χ3v) is 14.3. The molecule has 3 N–H and O–H groups in total. The standard InChI is InChI=1S/C43H68O11/c1-10-41(38-26(3)21-32(50-38)35-25(2)20-27(4)43(47,24-44)53-35)17-16-34(51-41)40(8)18-19-42(54-40)22-33(49-23-31-14-12-11-13-15-31)28(5)37(52-42)29(6)36(48-9)30(7)39(45)46/h11-15,25-30,32-38,44,47H,10,16-24H2,1-9H3,(H,45,46)/t25-,26-,27+,28+,29-,30-,32-,33-,34+,35-,36+,37-,38+,40+,41-,42+,43-/m0/s1. The summed E-state index contributed by atoms with van der Waals surface area (Å²) in [5, 5.41) is 31.0. The molecule has 54 heavy (non-hydrogen) atoms. The van der Waals surface area contributed by atoms with Gasteiger partial charge in [-0.25, -0.2) is 0 Å². The zero-order valence-electron chi connectivity index (χ0n) is 34.1. The smallest absolute Gasteiger partial charge is 0.308 e. The average Bonchev–Trinajstić information content (AvgIpc) is 3.87. The molecule has 5 heterocycles. The number of hydrogen-bond acceptors (Lipinski definition) is 10. The number of aliphatic hydroxyl groups excluding tert-OH is 1. The van der Waals surface area contributed by atoms with Gasteiger partial charge in [-0.05, 0) is 69.8 Å². The second-order valence-electron chi connectivity index (χ2n) is 18.1. The molecule has 0 radical (unpaired) electrons. The molecule has 0 aromatic heterocycles. The molecular weight excluding hydrogens is 692 g/mol. The molecule has 0 amide bonds. The number of hydrogen-bond donors (Lipinski definition) is 3. The van der Waals surface area contributed by atoms with Crippen LogP contribution in [-0.2, 0) is 44.6 Å². The van der Waals surface area contributed by atoms with Crippen molar-refractivity contribution < 1.29 is 53.3 Å². The zero-order valence-corrected chi connectivity index (χ0v) is 34.1. The molecule has 0 unspecified atom stereocenters. The van der Waals surface area contributed by atoms with E-state index in [1.807, 2.05) is 32.0 Å². The SMILES string of the molecule is CC[C@@]1([C@@H]2O[C@H]([C@H]3O[C@@](O)(CO)[C@H](C)C[C@@H]3C)C[C@@H]2C)CC[C@H]([C@@]2(C)CC[C@]3(C[C@H](OCc4ccccc4)[C@@H](C)[C@@H]([C@@H](C)[C@@H](OC)[C@H](C)C(=O)O)O3)O2)O1. The van der Waals surface area contributed by atoms with Gasteiger partial charge in [0.25, 0.3) is 0 Å². The fraction of sp³-hybridized carbons (Fsp3) is 0.837. The maximum atomic E-state index is 12.1. The summed E-state index contributed by atoms with van der Waals surface area (Å²) < 4.78 is 47.1. The number of carboxylic acids is 1. The van der Waals surface area contributed by atoms with E-state index < -0.39 is 47.4 Å². The van der Waals surface area contributed by atoms with Crippen molar-refractivity contribution in [2.75, 3.05) is 13.7 Å². The van der Waals surface area contributed by atoms with Crippen molar-refractivity contribution >= 4 is 5.97 Å². The van der Waals surface area contributed by atoms with Gasteiger partial charge < -0.3 is 48.5 Å². The van der Waals surface area contributed by atoms with E-state index in [-0.39, 0.29) is 66.2 Å². The van der Waals surface area contributed by atoms with E-state index >= 15 is 0 Å². The predicted molar refractivity (Wildman–Crippen MR) is 201 cm³/mol. The lowest BCUT2D eigenvalue weighted by Gasteiger charge is -2.50. The number of aliphatic hydroxyl groups is 2. The van der Waals surface area contributed by atoms with Crippen molar-refractivity contribution in [3.63, 3.8) is 0 Å². The van der Waals surface area contributed by atoms with Gasteiger partial charge in [0.1, 0.15) is 0 Å². The summed E-state index contributed by atoms with van der Waals surface area (Å²) in [5.41, 5.74) is -0.0381. The van der Waals surface area contributed by atoms with Gasteiger partial charge in [0, 0.05) is 37.7 Å². The Bertz CT molecular complexity index is 1410. The van der Waals surface area contributed by atoms with E-state index in [0.29, 0.717) is 19.4 Å². The molecule has 11 heteroatoms. The third kappa shape index (κ3) is 7.92. The number of carboxylic acid groups (broad SMARTS) is 1. The lowest BCUT2D eigenvalue weighted by molar-refractivity contribution is -0.340. The molecule has 0 bridgehead atoms. The van der Waals surface area contributed by atoms with Gasteiger partial charge in [-0.2, -0.15) is 0 Å². The first kappa shape index (κ1) is 41.9. The molecule has 1 aromatic carbocycles. The summed E-state index contributed by atoms with van der Waals surface area (Å²) in [6, 6.07) is 10.1. The second-order valence-corrected chi connectivity index (χ2v) is 18.1. The van der Waals surface area contributed by atoms with Gasteiger partial charge in [0.2, 0.25) is 0 Å². The van der Waals surface area contributed by atoms with Crippen molar-refractivity contribution in [2.24, 2.45) is 35.5 Å². The molecular formula is C43H68O11. The zero-order chi connectivity index (χ0) is 39.2. The summed E-state index contributed by atoms with van der Waals surface area (Å²) >= 11 is 0. The lowest BCUT2D eigenvalue weighted by Crippen LogP contribution is -2.57. The summed E-state index contributed by atoms with van der Waals surface area (Å²) in [7, 11) is 1.57. The van der Waals surface area contributed by atoms with Crippen LogP contribution >= 0.6 is 0 Å². The van der Waals surface area contributed by atoms with E-state index in [0.717, 1.165) is 44.1 Å². The van der Waals surface area contributed by atoms with Crippen molar-refractivity contribution in [1.82, 2.24) is 0 Å². The first-order valence-corrected chi connectivity index (χ1v) is 20.7.